The largest absolute Gasteiger partial charge is 0.494 e. The Balaban J connectivity index is 1.76. The molecule has 0 spiro atoms. The molecule has 6 heteroatoms. The Hall–Kier alpha value is -3.25. The second-order valence-corrected chi connectivity index (χ2v) is 8.18. The van der Waals surface area contributed by atoms with E-state index in [1.807, 2.05) is 75.4 Å². The van der Waals surface area contributed by atoms with Gasteiger partial charge >= 0.3 is 0 Å². The molecule has 1 aliphatic rings. The van der Waals surface area contributed by atoms with Crippen molar-refractivity contribution < 1.29 is 18.7 Å². The molecule has 0 saturated heterocycles. The number of rotatable bonds is 7. The summed E-state index contributed by atoms with van der Waals surface area (Å²) in [7, 11) is 0. The van der Waals surface area contributed by atoms with E-state index in [1.54, 1.807) is 6.26 Å². The van der Waals surface area contributed by atoms with Crippen molar-refractivity contribution in [2.24, 2.45) is 0 Å². The van der Waals surface area contributed by atoms with Gasteiger partial charge in [0.2, 0.25) is 0 Å². The van der Waals surface area contributed by atoms with Crippen molar-refractivity contribution in [1.29, 1.82) is 0 Å². The van der Waals surface area contributed by atoms with E-state index in [4.69, 9.17) is 9.15 Å². The second kappa shape index (κ2) is 8.86. The fraction of sp³-hybridized carbons (Fsp3) is 0.200. The van der Waals surface area contributed by atoms with Gasteiger partial charge in [0.05, 0.1) is 34.8 Å². The highest BCUT2D eigenvalue weighted by Crippen LogP contribution is 2.41. The number of anilines is 1. The van der Waals surface area contributed by atoms with Gasteiger partial charge in [0.15, 0.2) is 0 Å². The third-order valence-electron chi connectivity index (χ3n) is 5.25. The first-order valence-electron chi connectivity index (χ1n) is 10.1. The van der Waals surface area contributed by atoms with Gasteiger partial charge in [-0.15, -0.1) is 11.8 Å². The SMILES string of the molecule is CCOc1ccc(C2=C(SCc3ccco3)C(=O)N(c3cccc(C)c3C)C2=O)cc1. The lowest BCUT2D eigenvalue weighted by atomic mass is 10.1. The summed E-state index contributed by atoms with van der Waals surface area (Å²) in [6.45, 7) is 6.37. The van der Waals surface area contributed by atoms with Crippen LogP contribution in [0.15, 0.2) is 70.2 Å². The standard InChI is InChI=1S/C25H23NO4S/c1-4-29-19-12-10-18(11-13-19)22-23(31-15-20-8-6-14-30-20)25(28)26(24(22)27)21-9-5-7-16(2)17(21)3/h5-14H,4,15H2,1-3H3. The number of amides is 2. The van der Waals surface area contributed by atoms with Gasteiger partial charge in [-0.2, -0.15) is 0 Å². The normalized spacial score (nSPS) is 14.0. The van der Waals surface area contributed by atoms with Gasteiger partial charge in [0.25, 0.3) is 11.8 Å². The Morgan fingerprint density at radius 3 is 2.42 bits per heavy atom. The molecule has 1 aliphatic heterocycles. The number of furan rings is 1. The van der Waals surface area contributed by atoms with Gasteiger partial charge in [0, 0.05) is 0 Å². The van der Waals surface area contributed by atoms with E-state index < -0.39 is 0 Å². The fourth-order valence-electron chi connectivity index (χ4n) is 3.52. The van der Waals surface area contributed by atoms with E-state index in [2.05, 4.69) is 0 Å². The highest BCUT2D eigenvalue weighted by molar-refractivity contribution is 8.03. The Kier molecular flexibility index (Phi) is 6.00. The summed E-state index contributed by atoms with van der Waals surface area (Å²) < 4.78 is 10.9. The highest BCUT2D eigenvalue weighted by Gasteiger charge is 2.40. The molecule has 0 N–H and O–H groups in total. The topological polar surface area (TPSA) is 59.8 Å². The molecule has 1 aromatic heterocycles. The number of hydrogen-bond donors (Lipinski definition) is 0. The first kappa shape index (κ1) is 21.0. The van der Waals surface area contributed by atoms with Crippen LogP contribution in [-0.4, -0.2) is 18.4 Å². The molecule has 3 aromatic rings. The summed E-state index contributed by atoms with van der Waals surface area (Å²) in [6, 6.07) is 16.6. The van der Waals surface area contributed by atoms with E-state index in [1.165, 1.54) is 16.7 Å². The Labute approximate surface area is 185 Å². The van der Waals surface area contributed by atoms with E-state index in [9.17, 15) is 9.59 Å². The van der Waals surface area contributed by atoms with Gasteiger partial charge < -0.3 is 9.15 Å². The third-order valence-corrected chi connectivity index (χ3v) is 6.35. The summed E-state index contributed by atoms with van der Waals surface area (Å²) in [6.07, 6.45) is 1.60. The molecule has 2 aromatic carbocycles. The molecule has 2 heterocycles. The number of ether oxygens (including phenoxy) is 1. The van der Waals surface area contributed by atoms with Crippen molar-refractivity contribution >= 4 is 34.8 Å². The summed E-state index contributed by atoms with van der Waals surface area (Å²) in [5.41, 5.74) is 3.65. The molecule has 2 amide bonds. The van der Waals surface area contributed by atoms with Crippen molar-refractivity contribution in [2.45, 2.75) is 26.5 Å². The van der Waals surface area contributed by atoms with Gasteiger partial charge in [-0.25, -0.2) is 4.90 Å². The van der Waals surface area contributed by atoms with Crippen molar-refractivity contribution in [1.82, 2.24) is 0 Å². The molecule has 31 heavy (non-hydrogen) atoms. The smallest absolute Gasteiger partial charge is 0.272 e. The minimum absolute atomic E-state index is 0.306. The number of aryl methyl sites for hydroxylation is 1. The van der Waals surface area contributed by atoms with Gasteiger partial charge in [-0.3, -0.25) is 9.59 Å². The number of benzene rings is 2. The first-order chi connectivity index (χ1) is 15.0. The monoisotopic (exact) mass is 433 g/mol. The molecule has 0 aliphatic carbocycles. The highest BCUT2D eigenvalue weighted by atomic mass is 32.2. The minimum atomic E-state index is -0.315. The van der Waals surface area contributed by atoms with E-state index in [-0.39, 0.29) is 11.8 Å². The summed E-state index contributed by atoms with van der Waals surface area (Å²) >= 11 is 1.32. The molecule has 0 bridgehead atoms. The molecule has 0 fully saturated rings. The Morgan fingerprint density at radius 2 is 1.74 bits per heavy atom. The Bertz CT molecular complexity index is 1150. The summed E-state index contributed by atoms with van der Waals surface area (Å²) in [4.78, 5) is 28.7. The molecule has 0 unspecified atom stereocenters. The number of carbonyl (C=O) groups excluding carboxylic acids is 2. The van der Waals surface area contributed by atoms with Crippen LogP contribution in [0.4, 0.5) is 5.69 Å². The zero-order valence-electron chi connectivity index (χ0n) is 17.7. The molecule has 0 saturated carbocycles. The predicted molar refractivity (Wildman–Crippen MR) is 123 cm³/mol. The quantitative estimate of drug-likeness (QED) is 0.460. The van der Waals surface area contributed by atoms with E-state index >= 15 is 0 Å². The van der Waals surface area contributed by atoms with Crippen molar-refractivity contribution in [3.63, 3.8) is 0 Å². The predicted octanol–water partition coefficient (Wildman–Crippen LogP) is 5.51. The summed E-state index contributed by atoms with van der Waals surface area (Å²) in [5.74, 6) is 1.31. The lowest BCUT2D eigenvalue weighted by Gasteiger charge is -2.19. The van der Waals surface area contributed by atoms with Crippen LogP contribution in [0, 0.1) is 13.8 Å². The van der Waals surface area contributed by atoms with Crippen LogP contribution in [0.5, 0.6) is 5.75 Å². The van der Waals surface area contributed by atoms with Crippen LogP contribution in [0.25, 0.3) is 5.57 Å². The molecule has 4 rings (SSSR count). The fourth-order valence-corrected chi connectivity index (χ4v) is 4.53. The second-order valence-electron chi connectivity index (χ2n) is 7.19. The van der Waals surface area contributed by atoms with Crippen LogP contribution in [0.3, 0.4) is 0 Å². The number of carbonyl (C=O) groups is 2. The lowest BCUT2D eigenvalue weighted by Crippen LogP contribution is -2.32. The number of thioether (sulfide) groups is 1. The van der Waals surface area contributed by atoms with Gasteiger partial charge in [0.1, 0.15) is 11.5 Å². The number of hydrogen-bond acceptors (Lipinski definition) is 5. The van der Waals surface area contributed by atoms with Gasteiger partial charge in [-0.05, 0) is 67.8 Å². The average Bonchev–Trinajstić information content (AvgIpc) is 3.36. The lowest BCUT2D eigenvalue weighted by molar-refractivity contribution is -0.119. The summed E-state index contributed by atoms with van der Waals surface area (Å²) in [5, 5.41) is 0. The Morgan fingerprint density at radius 1 is 0.968 bits per heavy atom. The molecular weight excluding hydrogens is 410 g/mol. The van der Waals surface area contributed by atoms with Crippen molar-refractivity contribution in [3.8, 4) is 5.75 Å². The van der Waals surface area contributed by atoms with Crippen LogP contribution in [0.1, 0.15) is 29.4 Å². The van der Waals surface area contributed by atoms with Crippen LogP contribution in [0.2, 0.25) is 0 Å². The molecule has 158 valence electrons. The van der Waals surface area contributed by atoms with Crippen molar-refractivity contribution in [2.75, 3.05) is 11.5 Å². The maximum Gasteiger partial charge on any atom is 0.272 e. The third kappa shape index (κ3) is 4.03. The maximum absolute atomic E-state index is 13.5. The zero-order chi connectivity index (χ0) is 22.0. The van der Waals surface area contributed by atoms with Crippen LogP contribution < -0.4 is 9.64 Å². The molecule has 0 atom stereocenters. The minimum Gasteiger partial charge on any atom is -0.494 e. The van der Waals surface area contributed by atoms with Gasteiger partial charge in [-0.1, -0.05) is 24.3 Å². The van der Waals surface area contributed by atoms with E-state index in [0.29, 0.717) is 34.1 Å². The molecule has 0 radical (unpaired) electrons. The number of imide groups is 1. The van der Waals surface area contributed by atoms with Crippen LogP contribution >= 0.6 is 11.8 Å². The van der Waals surface area contributed by atoms with Crippen LogP contribution in [-0.2, 0) is 15.3 Å². The van der Waals surface area contributed by atoms with E-state index in [0.717, 1.165) is 22.6 Å². The van der Waals surface area contributed by atoms with Crippen molar-refractivity contribution in [3.05, 3.63) is 88.2 Å². The molecule has 5 nitrogen and oxygen atoms in total. The zero-order valence-corrected chi connectivity index (χ0v) is 18.5. The maximum atomic E-state index is 13.5. The molecular formula is C25H23NO4S. The first-order valence-corrected chi connectivity index (χ1v) is 11.1. The average molecular weight is 434 g/mol. The number of nitrogens with zero attached hydrogens (tertiary/aromatic N) is 1.